The van der Waals surface area contributed by atoms with Gasteiger partial charge in [-0.2, -0.15) is 0 Å². The quantitative estimate of drug-likeness (QED) is 0.915. The molecule has 2 aromatic carbocycles. The fraction of sp³-hybridized carbons (Fsp3) is 0.222. The van der Waals surface area contributed by atoms with Crippen molar-refractivity contribution in [2.75, 3.05) is 23.6 Å². The van der Waals surface area contributed by atoms with Gasteiger partial charge >= 0.3 is 0 Å². The monoisotopic (exact) mass is 358 g/mol. The van der Waals surface area contributed by atoms with E-state index in [4.69, 9.17) is 21.1 Å². The van der Waals surface area contributed by atoms with Gasteiger partial charge in [0.15, 0.2) is 11.5 Å². The lowest BCUT2D eigenvalue weighted by molar-refractivity contribution is -0.122. The van der Waals surface area contributed by atoms with E-state index in [0.717, 1.165) is 5.69 Å². The van der Waals surface area contributed by atoms with Crippen molar-refractivity contribution in [3.8, 4) is 11.5 Å². The first kappa shape index (κ1) is 15.8. The van der Waals surface area contributed by atoms with Crippen molar-refractivity contribution in [2.24, 2.45) is 5.92 Å². The second kappa shape index (κ2) is 6.29. The van der Waals surface area contributed by atoms with Gasteiger partial charge in [0.2, 0.25) is 18.6 Å². The first-order chi connectivity index (χ1) is 12.1. The van der Waals surface area contributed by atoms with Crippen LogP contribution in [0.4, 0.5) is 11.4 Å². The maximum absolute atomic E-state index is 12.5. The third-order valence-corrected chi connectivity index (χ3v) is 4.53. The number of carbonyl (C=O) groups is 2. The fourth-order valence-electron chi connectivity index (χ4n) is 2.97. The average Bonchev–Trinajstić information content (AvgIpc) is 3.22. The molecule has 4 rings (SSSR count). The van der Waals surface area contributed by atoms with Gasteiger partial charge in [-0.1, -0.05) is 11.6 Å². The number of carbonyl (C=O) groups excluding carboxylic acids is 2. The number of nitrogens with zero attached hydrogens (tertiary/aromatic N) is 1. The highest BCUT2D eigenvalue weighted by Crippen LogP contribution is 2.34. The number of halogens is 1. The summed E-state index contributed by atoms with van der Waals surface area (Å²) in [6.45, 7) is 0.525. The molecule has 0 aromatic heterocycles. The van der Waals surface area contributed by atoms with E-state index in [-0.39, 0.29) is 25.0 Å². The van der Waals surface area contributed by atoms with E-state index in [1.165, 1.54) is 0 Å². The van der Waals surface area contributed by atoms with Crippen molar-refractivity contribution in [1.29, 1.82) is 0 Å². The van der Waals surface area contributed by atoms with E-state index in [1.807, 2.05) is 0 Å². The van der Waals surface area contributed by atoms with Crippen molar-refractivity contribution in [3.63, 3.8) is 0 Å². The second-order valence-corrected chi connectivity index (χ2v) is 6.38. The molecule has 2 heterocycles. The molecule has 6 nitrogen and oxygen atoms in total. The number of benzene rings is 2. The molecule has 128 valence electrons. The Morgan fingerprint density at radius 2 is 1.88 bits per heavy atom. The molecule has 1 atom stereocenters. The molecule has 0 bridgehead atoms. The number of ether oxygens (including phenoxy) is 2. The maximum atomic E-state index is 12.5. The lowest BCUT2D eigenvalue weighted by atomic mass is 10.1. The molecule has 0 saturated carbocycles. The molecule has 2 aliphatic rings. The zero-order chi connectivity index (χ0) is 17.4. The number of rotatable bonds is 3. The summed E-state index contributed by atoms with van der Waals surface area (Å²) in [6.07, 6.45) is 0.180. The molecular weight excluding hydrogens is 344 g/mol. The fourth-order valence-corrected chi connectivity index (χ4v) is 3.10. The zero-order valence-corrected chi connectivity index (χ0v) is 14.0. The number of anilines is 2. The number of hydrogen-bond donors (Lipinski definition) is 1. The Bertz CT molecular complexity index is 837. The molecule has 0 spiro atoms. The lowest BCUT2D eigenvalue weighted by Gasteiger charge is -2.16. The summed E-state index contributed by atoms with van der Waals surface area (Å²) in [5.41, 5.74) is 1.36. The minimum Gasteiger partial charge on any atom is -0.454 e. The topological polar surface area (TPSA) is 67.9 Å². The first-order valence-corrected chi connectivity index (χ1v) is 8.24. The van der Waals surface area contributed by atoms with Crippen molar-refractivity contribution in [3.05, 3.63) is 47.5 Å². The van der Waals surface area contributed by atoms with E-state index in [2.05, 4.69) is 5.32 Å². The minimum absolute atomic E-state index is 0.0758. The average molecular weight is 359 g/mol. The molecule has 1 N–H and O–H groups in total. The molecule has 2 aliphatic heterocycles. The van der Waals surface area contributed by atoms with Crippen LogP contribution in [-0.2, 0) is 9.59 Å². The van der Waals surface area contributed by atoms with Gasteiger partial charge < -0.3 is 19.7 Å². The summed E-state index contributed by atoms with van der Waals surface area (Å²) in [5, 5.41) is 3.44. The van der Waals surface area contributed by atoms with Gasteiger partial charge in [-0.25, -0.2) is 0 Å². The summed E-state index contributed by atoms with van der Waals surface area (Å²) in [4.78, 5) is 26.4. The van der Waals surface area contributed by atoms with Gasteiger partial charge in [-0.3, -0.25) is 9.59 Å². The normalized spacial score (nSPS) is 18.5. The molecule has 0 unspecified atom stereocenters. The van der Waals surface area contributed by atoms with Crippen LogP contribution in [0.1, 0.15) is 6.42 Å². The standard InChI is InChI=1S/C18H15ClN2O4/c19-12-1-4-14(5-2-12)21-9-11(7-17(21)22)18(23)20-13-3-6-15-16(8-13)25-10-24-15/h1-6,8,11H,7,9-10H2,(H,20,23)/t11-/m1/s1. The molecule has 0 radical (unpaired) electrons. The van der Waals surface area contributed by atoms with Crippen molar-refractivity contribution in [2.45, 2.75) is 6.42 Å². The molecule has 0 aliphatic carbocycles. The summed E-state index contributed by atoms with van der Waals surface area (Å²) in [7, 11) is 0. The number of hydrogen-bond acceptors (Lipinski definition) is 4. The Hall–Kier alpha value is -2.73. The van der Waals surface area contributed by atoms with Gasteiger partial charge in [-0.15, -0.1) is 0 Å². The van der Waals surface area contributed by atoms with Gasteiger partial charge in [0.05, 0.1) is 5.92 Å². The van der Waals surface area contributed by atoms with Crippen molar-refractivity contribution >= 4 is 34.8 Å². The zero-order valence-electron chi connectivity index (χ0n) is 13.2. The third-order valence-electron chi connectivity index (χ3n) is 4.27. The van der Waals surface area contributed by atoms with Crippen molar-refractivity contribution in [1.82, 2.24) is 0 Å². The van der Waals surface area contributed by atoms with E-state index < -0.39 is 5.92 Å². The number of nitrogens with one attached hydrogen (secondary N) is 1. The van der Waals surface area contributed by atoms with Crippen LogP contribution in [0.3, 0.4) is 0 Å². The molecule has 2 amide bonds. The van der Waals surface area contributed by atoms with Crippen LogP contribution >= 0.6 is 11.6 Å². The largest absolute Gasteiger partial charge is 0.454 e. The minimum atomic E-state index is -0.409. The van der Waals surface area contributed by atoms with Gasteiger partial charge in [-0.05, 0) is 36.4 Å². The first-order valence-electron chi connectivity index (χ1n) is 7.86. The molecule has 1 fully saturated rings. The van der Waals surface area contributed by atoms with Crippen LogP contribution in [-0.4, -0.2) is 25.2 Å². The predicted molar refractivity (Wildman–Crippen MR) is 93.1 cm³/mol. The Morgan fingerprint density at radius 1 is 1.12 bits per heavy atom. The summed E-state index contributed by atoms with van der Waals surface area (Å²) < 4.78 is 10.5. The Kier molecular flexibility index (Phi) is 3.97. The molecule has 7 heteroatoms. The maximum Gasteiger partial charge on any atom is 0.231 e. The number of fused-ring (bicyclic) bond motifs is 1. The Balaban J connectivity index is 1.44. The highest BCUT2D eigenvalue weighted by molar-refractivity contribution is 6.30. The molecule has 25 heavy (non-hydrogen) atoms. The van der Waals surface area contributed by atoms with Gasteiger partial charge in [0.1, 0.15) is 0 Å². The van der Waals surface area contributed by atoms with Crippen LogP contribution in [0.25, 0.3) is 0 Å². The van der Waals surface area contributed by atoms with E-state index in [1.54, 1.807) is 47.4 Å². The Morgan fingerprint density at radius 3 is 2.68 bits per heavy atom. The summed E-state index contributed by atoms with van der Waals surface area (Å²) in [6, 6.07) is 12.2. The summed E-state index contributed by atoms with van der Waals surface area (Å²) >= 11 is 5.88. The van der Waals surface area contributed by atoms with Crippen LogP contribution in [0, 0.1) is 5.92 Å². The highest BCUT2D eigenvalue weighted by atomic mass is 35.5. The van der Waals surface area contributed by atoms with Gasteiger partial charge in [0.25, 0.3) is 0 Å². The smallest absolute Gasteiger partial charge is 0.231 e. The second-order valence-electron chi connectivity index (χ2n) is 5.94. The molecular formula is C18H15ClN2O4. The van der Waals surface area contributed by atoms with Crippen LogP contribution in [0.5, 0.6) is 11.5 Å². The van der Waals surface area contributed by atoms with Gasteiger partial charge in [0, 0.05) is 35.4 Å². The van der Waals surface area contributed by atoms with Crippen LogP contribution < -0.4 is 19.7 Å². The SMILES string of the molecule is O=C(Nc1ccc2c(c1)OCO2)[C@@H]1CC(=O)N(c2ccc(Cl)cc2)C1. The van der Waals surface area contributed by atoms with E-state index >= 15 is 0 Å². The Labute approximate surface area is 149 Å². The molecule has 2 aromatic rings. The van der Waals surface area contributed by atoms with Crippen LogP contribution in [0.15, 0.2) is 42.5 Å². The third kappa shape index (κ3) is 3.13. The lowest BCUT2D eigenvalue weighted by Crippen LogP contribution is -2.28. The highest BCUT2D eigenvalue weighted by Gasteiger charge is 2.35. The van der Waals surface area contributed by atoms with E-state index in [0.29, 0.717) is 28.8 Å². The van der Waals surface area contributed by atoms with Crippen molar-refractivity contribution < 1.29 is 19.1 Å². The van der Waals surface area contributed by atoms with E-state index in [9.17, 15) is 9.59 Å². The predicted octanol–water partition coefficient (Wildman–Crippen LogP) is 3.06. The van der Waals surface area contributed by atoms with Crippen LogP contribution in [0.2, 0.25) is 5.02 Å². The number of amides is 2. The molecule has 1 saturated heterocycles. The summed E-state index contributed by atoms with van der Waals surface area (Å²) in [5.74, 6) is 0.580.